The third kappa shape index (κ3) is 53.4. The van der Waals surface area contributed by atoms with Crippen LogP contribution in [0.3, 0.4) is 0 Å². The second-order valence-electron chi connectivity index (χ2n) is 20.7. The van der Waals surface area contributed by atoms with Gasteiger partial charge in [-0.05, 0) is 83.5 Å². The fraction of sp³-hybridized carbons (Fsp3) is 0.871. The third-order valence-electron chi connectivity index (χ3n) is 13.9. The van der Waals surface area contributed by atoms with Crippen LogP contribution in [-0.4, -0.2) is 47.4 Å². The van der Waals surface area contributed by atoms with E-state index in [4.69, 9.17) is 4.74 Å². The lowest BCUT2D eigenvalue weighted by molar-refractivity contribution is -0.143. The Labute approximate surface area is 424 Å². The van der Waals surface area contributed by atoms with Crippen LogP contribution >= 0.6 is 0 Å². The number of rotatable bonds is 56. The molecule has 0 aliphatic heterocycles. The average Bonchev–Trinajstić information content (AvgIpc) is 3.34. The lowest BCUT2D eigenvalue weighted by atomic mass is 10.0. The van der Waals surface area contributed by atoms with Gasteiger partial charge in [0.05, 0.1) is 25.4 Å². The van der Waals surface area contributed by atoms with Gasteiger partial charge in [-0.2, -0.15) is 0 Å². The molecule has 0 bridgehead atoms. The van der Waals surface area contributed by atoms with Crippen molar-refractivity contribution >= 4 is 11.9 Å². The van der Waals surface area contributed by atoms with Crippen LogP contribution in [0.2, 0.25) is 0 Å². The molecule has 0 saturated heterocycles. The van der Waals surface area contributed by atoms with Crippen LogP contribution in [0, 0.1) is 0 Å². The molecule has 2 unspecified atom stereocenters. The first kappa shape index (κ1) is 66.1. The summed E-state index contributed by atoms with van der Waals surface area (Å²) in [4.78, 5) is 24.5. The largest absolute Gasteiger partial charge is 0.466 e. The van der Waals surface area contributed by atoms with Crippen molar-refractivity contribution in [1.82, 2.24) is 5.32 Å². The predicted molar refractivity (Wildman–Crippen MR) is 296 cm³/mol. The third-order valence-corrected chi connectivity index (χ3v) is 13.9. The topological polar surface area (TPSA) is 95.9 Å². The lowest BCUT2D eigenvalue weighted by Gasteiger charge is -2.20. The number of unbranched alkanes of at least 4 members (excludes halogenated alkanes) is 41. The fourth-order valence-electron chi connectivity index (χ4n) is 9.21. The summed E-state index contributed by atoms with van der Waals surface area (Å²) in [5.74, 6) is -0.0754. The van der Waals surface area contributed by atoms with Gasteiger partial charge >= 0.3 is 5.97 Å². The number of carbonyl (C=O) groups excluding carboxylic acids is 2. The van der Waals surface area contributed by atoms with Crippen LogP contribution < -0.4 is 5.32 Å². The van der Waals surface area contributed by atoms with E-state index >= 15 is 0 Å². The number of esters is 1. The van der Waals surface area contributed by atoms with Crippen molar-refractivity contribution in [2.24, 2.45) is 0 Å². The summed E-state index contributed by atoms with van der Waals surface area (Å²) < 4.78 is 5.48. The van der Waals surface area contributed by atoms with Crippen molar-refractivity contribution in [3.8, 4) is 0 Å². The van der Waals surface area contributed by atoms with Gasteiger partial charge in [-0.15, -0.1) is 0 Å². The molecule has 2 atom stereocenters. The summed E-state index contributed by atoms with van der Waals surface area (Å²) >= 11 is 0. The second-order valence-corrected chi connectivity index (χ2v) is 20.7. The van der Waals surface area contributed by atoms with Gasteiger partial charge in [0.1, 0.15) is 0 Å². The maximum atomic E-state index is 12.4. The maximum Gasteiger partial charge on any atom is 0.305 e. The molecule has 0 saturated carbocycles. The van der Waals surface area contributed by atoms with Crippen molar-refractivity contribution in [3.05, 3.63) is 36.5 Å². The monoisotopic (exact) mass is 956 g/mol. The van der Waals surface area contributed by atoms with Crippen molar-refractivity contribution in [3.63, 3.8) is 0 Å². The van der Waals surface area contributed by atoms with E-state index in [0.717, 1.165) is 51.4 Å². The van der Waals surface area contributed by atoms with Gasteiger partial charge in [0.2, 0.25) is 5.91 Å². The van der Waals surface area contributed by atoms with E-state index in [-0.39, 0.29) is 18.5 Å². The zero-order chi connectivity index (χ0) is 49.3. The summed E-state index contributed by atoms with van der Waals surface area (Å²) in [6.45, 7) is 4.90. The summed E-state index contributed by atoms with van der Waals surface area (Å²) in [7, 11) is 0. The van der Waals surface area contributed by atoms with Crippen LogP contribution in [0.15, 0.2) is 36.5 Å². The smallest absolute Gasteiger partial charge is 0.305 e. The van der Waals surface area contributed by atoms with Gasteiger partial charge in [0.25, 0.3) is 0 Å². The Morgan fingerprint density at radius 2 is 0.691 bits per heavy atom. The molecule has 3 N–H and O–H groups in total. The number of allylic oxidation sites excluding steroid dienone is 5. The van der Waals surface area contributed by atoms with Gasteiger partial charge in [-0.1, -0.05) is 262 Å². The Morgan fingerprint density at radius 3 is 1.04 bits per heavy atom. The van der Waals surface area contributed by atoms with Crippen molar-refractivity contribution in [2.45, 2.75) is 334 Å². The standard InChI is InChI=1S/C62H117NO5/c1-3-5-7-9-11-13-15-17-19-28-32-36-40-44-48-52-56-62(67)68-57-53-49-45-41-37-33-29-26-24-22-20-21-23-25-27-31-35-39-43-47-51-55-61(66)63-59(58-64)60(65)54-50-46-42-38-34-30-18-16-14-12-10-8-6-4-2/h19,21,23,28,50,54,59-60,64-65H,3-18,20,22,24-27,29-49,51-53,55-58H2,1-2H3,(H,63,66)/b23-21-,28-19-,54-50+. The van der Waals surface area contributed by atoms with Gasteiger partial charge in [0.15, 0.2) is 0 Å². The first-order chi connectivity index (χ1) is 33.5. The summed E-state index contributed by atoms with van der Waals surface area (Å²) in [6.07, 6.45) is 71.7. The molecule has 0 aromatic heterocycles. The molecule has 0 fully saturated rings. The molecule has 6 heteroatoms. The molecule has 0 aliphatic carbocycles. The number of hydrogen-bond donors (Lipinski definition) is 3. The molecule has 400 valence electrons. The number of ether oxygens (including phenoxy) is 1. The van der Waals surface area contributed by atoms with Crippen LogP contribution in [0.4, 0.5) is 0 Å². The van der Waals surface area contributed by atoms with E-state index in [2.05, 4.69) is 43.5 Å². The Bertz CT molecular complexity index is 1100. The molecule has 0 aromatic carbocycles. The van der Waals surface area contributed by atoms with E-state index in [0.29, 0.717) is 19.4 Å². The number of hydrogen-bond acceptors (Lipinski definition) is 5. The molecule has 68 heavy (non-hydrogen) atoms. The van der Waals surface area contributed by atoms with Gasteiger partial charge in [0, 0.05) is 12.8 Å². The van der Waals surface area contributed by atoms with E-state index in [1.165, 1.54) is 244 Å². The van der Waals surface area contributed by atoms with Gasteiger partial charge in [-0.25, -0.2) is 0 Å². The highest BCUT2D eigenvalue weighted by atomic mass is 16.5. The molecule has 0 heterocycles. The highest BCUT2D eigenvalue weighted by Crippen LogP contribution is 2.16. The van der Waals surface area contributed by atoms with E-state index in [1.54, 1.807) is 6.08 Å². The zero-order valence-corrected chi connectivity index (χ0v) is 45.6. The fourth-order valence-corrected chi connectivity index (χ4v) is 9.21. The van der Waals surface area contributed by atoms with Crippen LogP contribution in [0.5, 0.6) is 0 Å². The van der Waals surface area contributed by atoms with Gasteiger partial charge < -0.3 is 20.3 Å². The quantitative estimate of drug-likeness (QED) is 0.0321. The van der Waals surface area contributed by atoms with Crippen LogP contribution in [0.1, 0.15) is 322 Å². The van der Waals surface area contributed by atoms with E-state index in [1.807, 2.05) is 6.08 Å². The minimum atomic E-state index is -0.849. The number of amides is 1. The summed E-state index contributed by atoms with van der Waals surface area (Å²) in [5.41, 5.74) is 0. The number of aliphatic hydroxyl groups is 2. The minimum Gasteiger partial charge on any atom is -0.466 e. The first-order valence-electron chi connectivity index (χ1n) is 30.3. The Kier molecular flexibility index (Phi) is 56.0. The van der Waals surface area contributed by atoms with E-state index in [9.17, 15) is 19.8 Å². The van der Waals surface area contributed by atoms with Crippen molar-refractivity contribution in [1.29, 1.82) is 0 Å². The van der Waals surface area contributed by atoms with E-state index < -0.39 is 12.1 Å². The van der Waals surface area contributed by atoms with Crippen molar-refractivity contribution < 1.29 is 24.5 Å². The minimum absolute atomic E-state index is 0.0000924. The van der Waals surface area contributed by atoms with Crippen LogP contribution in [0.25, 0.3) is 0 Å². The molecule has 6 nitrogen and oxygen atoms in total. The SMILES string of the molecule is CCCCCCCCC/C=C\CCCCCCCC(=O)OCCCCCCCCCCCC/C=C\CCCCCCCCCC(=O)NC(CO)C(O)/C=C/CCCCCCCCCCCCCC. The molecule has 0 rings (SSSR count). The zero-order valence-electron chi connectivity index (χ0n) is 45.6. The predicted octanol–water partition coefficient (Wildman–Crippen LogP) is 18.8. The summed E-state index contributed by atoms with van der Waals surface area (Å²) in [6, 6.07) is -0.633. The highest BCUT2D eigenvalue weighted by molar-refractivity contribution is 5.76. The molecule has 0 spiro atoms. The van der Waals surface area contributed by atoms with Crippen LogP contribution in [-0.2, 0) is 14.3 Å². The average molecular weight is 957 g/mol. The Hall–Kier alpha value is -1.92. The molecule has 0 aromatic rings. The van der Waals surface area contributed by atoms with Gasteiger partial charge in [-0.3, -0.25) is 9.59 Å². The normalized spacial score (nSPS) is 12.8. The maximum absolute atomic E-state index is 12.4. The molecule has 0 aliphatic rings. The Balaban J connectivity index is 3.44. The molecule has 1 amide bonds. The molecular weight excluding hydrogens is 839 g/mol. The molecule has 0 radical (unpaired) electrons. The first-order valence-corrected chi connectivity index (χ1v) is 30.3. The number of carbonyl (C=O) groups is 2. The molecular formula is C62H117NO5. The lowest BCUT2D eigenvalue weighted by Crippen LogP contribution is -2.45. The second kappa shape index (κ2) is 57.7. The number of nitrogens with one attached hydrogen (secondary N) is 1. The number of aliphatic hydroxyl groups excluding tert-OH is 2. The summed E-state index contributed by atoms with van der Waals surface area (Å²) in [5, 5.41) is 23.1. The Morgan fingerprint density at radius 1 is 0.397 bits per heavy atom. The van der Waals surface area contributed by atoms with Crippen molar-refractivity contribution in [2.75, 3.05) is 13.2 Å². The highest BCUT2D eigenvalue weighted by Gasteiger charge is 2.18.